The van der Waals surface area contributed by atoms with Gasteiger partial charge in [-0.25, -0.2) is 4.79 Å². The van der Waals surface area contributed by atoms with Gasteiger partial charge < -0.3 is 15.4 Å². The molecule has 30 heavy (non-hydrogen) atoms. The monoisotopic (exact) mass is 423 g/mol. The number of esters is 1. The number of ether oxygens (including phenoxy) is 1. The first-order valence-corrected chi connectivity index (χ1v) is 10.9. The zero-order valence-corrected chi connectivity index (χ0v) is 18.1. The van der Waals surface area contributed by atoms with Gasteiger partial charge in [-0.1, -0.05) is 49.4 Å². The van der Waals surface area contributed by atoms with E-state index in [2.05, 4.69) is 53.3 Å². The first-order valence-electron chi connectivity index (χ1n) is 10.00. The molecule has 1 amide bonds. The van der Waals surface area contributed by atoms with Crippen LogP contribution in [0.3, 0.4) is 0 Å². The third-order valence-electron chi connectivity index (χ3n) is 5.00. The largest absolute Gasteiger partial charge is 0.465 e. The minimum Gasteiger partial charge on any atom is -0.465 e. The van der Waals surface area contributed by atoms with Gasteiger partial charge in [-0.05, 0) is 41.1 Å². The number of quaternary nitrogens is 1. The zero-order valence-electron chi connectivity index (χ0n) is 17.3. The van der Waals surface area contributed by atoms with Crippen LogP contribution in [0.25, 0.3) is 0 Å². The fraction of sp³-hybridized carbons (Fsp3) is 0.250. The van der Waals surface area contributed by atoms with E-state index in [1.54, 1.807) is 23.5 Å². The first-order chi connectivity index (χ1) is 14.6. The van der Waals surface area contributed by atoms with Gasteiger partial charge in [0.25, 0.3) is 5.91 Å². The second kappa shape index (κ2) is 10.7. The molecule has 3 N–H and O–H groups in total. The molecule has 6 heteroatoms. The number of hydrogen-bond acceptors (Lipinski definition) is 4. The van der Waals surface area contributed by atoms with Crippen molar-refractivity contribution in [3.63, 3.8) is 0 Å². The summed E-state index contributed by atoms with van der Waals surface area (Å²) in [7, 11) is 1.36. The van der Waals surface area contributed by atoms with Gasteiger partial charge in [-0.15, -0.1) is 11.3 Å². The van der Waals surface area contributed by atoms with Gasteiger partial charge >= 0.3 is 5.97 Å². The summed E-state index contributed by atoms with van der Waals surface area (Å²) in [5.41, 5.74) is 3.93. The molecule has 0 unspecified atom stereocenters. The topological polar surface area (TPSA) is 72.0 Å². The van der Waals surface area contributed by atoms with E-state index in [0.29, 0.717) is 18.7 Å². The van der Waals surface area contributed by atoms with Crippen LogP contribution in [0.15, 0.2) is 66.0 Å². The van der Waals surface area contributed by atoms with Crippen LogP contribution < -0.4 is 10.6 Å². The molecule has 0 bridgehead atoms. The Kier molecular flexibility index (Phi) is 7.76. The van der Waals surface area contributed by atoms with Gasteiger partial charge in [0.2, 0.25) is 0 Å². The smallest absolute Gasteiger partial charge is 0.337 e. The zero-order chi connectivity index (χ0) is 21.3. The molecule has 156 valence electrons. The van der Waals surface area contributed by atoms with Crippen molar-refractivity contribution >= 4 is 23.2 Å². The molecule has 0 aliphatic carbocycles. The molecular weight excluding hydrogens is 396 g/mol. The molecule has 0 aliphatic rings. The van der Waals surface area contributed by atoms with Crippen LogP contribution in [0, 0.1) is 0 Å². The average molecular weight is 424 g/mol. The number of carbonyl (C=O) groups excluding carboxylic acids is 2. The molecule has 1 heterocycles. The van der Waals surface area contributed by atoms with E-state index in [4.69, 9.17) is 4.74 Å². The highest BCUT2D eigenvalue weighted by molar-refractivity contribution is 7.10. The van der Waals surface area contributed by atoms with E-state index < -0.39 is 0 Å². The molecule has 3 aromatic rings. The Hall–Kier alpha value is -2.96. The molecule has 1 aromatic heterocycles. The van der Waals surface area contributed by atoms with Crippen molar-refractivity contribution in [2.45, 2.75) is 25.9 Å². The van der Waals surface area contributed by atoms with Crippen LogP contribution in [-0.2, 0) is 22.5 Å². The maximum absolute atomic E-state index is 12.4. The number of nitrogens with two attached hydrogens (primary N) is 1. The summed E-state index contributed by atoms with van der Waals surface area (Å²) in [5, 5.41) is 7.09. The second-order valence-electron chi connectivity index (χ2n) is 6.99. The van der Waals surface area contributed by atoms with Gasteiger partial charge in [0.05, 0.1) is 17.6 Å². The Labute approximate surface area is 181 Å². The number of thiophene rings is 1. The molecule has 1 atom stereocenters. The first kappa shape index (κ1) is 21.7. The number of nitrogens with one attached hydrogen (secondary N) is 1. The van der Waals surface area contributed by atoms with Gasteiger partial charge in [0, 0.05) is 12.1 Å². The predicted octanol–water partition coefficient (Wildman–Crippen LogP) is 3.07. The molecular formula is C24H27N2O3S+. The highest BCUT2D eigenvalue weighted by Gasteiger charge is 2.20. The highest BCUT2D eigenvalue weighted by atomic mass is 32.1. The minimum absolute atomic E-state index is 0.0289. The van der Waals surface area contributed by atoms with Crippen molar-refractivity contribution in [2.75, 3.05) is 13.7 Å². The molecule has 0 fully saturated rings. The van der Waals surface area contributed by atoms with E-state index >= 15 is 0 Å². The molecule has 5 nitrogen and oxygen atoms in total. The van der Waals surface area contributed by atoms with Crippen LogP contribution in [0.2, 0.25) is 0 Å². The van der Waals surface area contributed by atoms with Gasteiger partial charge in [0.15, 0.2) is 6.54 Å². The van der Waals surface area contributed by atoms with E-state index in [-0.39, 0.29) is 17.9 Å². The Morgan fingerprint density at radius 3 is 2.33 bits per heavy atom. The highest BCUT2D eigenvalue weighted by Crippen LogP contribution is 2.23. The van der Waals surface area contributed by atoms with Crippen LogP contribution in [0.5, 0.6) is 0 Å². The maximum atomic E-state index is 12.4. The number of benzene rings is 2. The third-order valence-corrected chi connectivity index (χ3v) is 5.96. The Balaban J connectivity index is 1.57. The number of amides is 1. The molecule has 0 saturated carbocycles. The van der Waals surface area contributed by atoms with Gasteiger partial charge in [-0.2, -0.15) is 0 Å². The minimum atomic E-state index is -0.369. The van der Waals surface area contributed by atoms with Crippen molar-refractivity contribution in [3.05, 3.63) is 93.2 Å². The number of methoxy groups -OCH3 is 1. The van der Waals surface area contributed by atoms with E-state index in [0.717, 1.165) is 12.0 Å². The number of aryl methyl sites for hydroxylation is 1. The average Bonchev–Trinajstić information content (AvgIpc) is 3.32. The van der Waals surface area contributed by atoms with Crippen LogP contribution >= 0.6 is 11.3 Å². The summed E-state index contributed by atoms with van der Waals surface area (Å²) in [5.74, 6) is -0.398. The van der Waals surface area contributed by atoms with E-state index in [9.17, 15) is 9.59 Å². The van der Waals surface area contributed by atoms with E-state index in [1.165, 1.54) is 23.1 Å². The lowest BCUT2D eigenvalue weighted by Gasteiger charge is -2.15. The fourth-order valence-electron chi connectivity index (χ4n) is 3.22. The van der Waals surface area contributed by atoms with Crippen LogP contribution in [0.4, 0.5) is 0 Å². The second-order valence-corrected chi connectivity index (χ2v) is 7.97. The molecule has 0 aliphatic heterocycles. The standard InChI is InChI=1S/C24H26N2O3S/c1-3-17-6-10-19(11-7-17)23(21-5-4-14-30-21)26-16-22(27)25-15-18-8-12-20(13-9-18)24(28)29-2/h4-14,23,26H,3,15-16H2,1-2H3,(H,25,27)/p+1/t23-/m1/s1. The lowest BCUT2D eigenvalue weighted by Crippen LogP contribution is -2.87. The summed E-state index contributed by atoms with van der Waals surface area (Å²) in [6.07, 6.45) is 1.01. The summed E-state index contributed by atoms with van der Waals surface area (Å²) in [4.78, 5) is 25.2. The van der Waals surface area contributed by atoms with Gasteiger partial charge in [-0.3, -0.25) is 4.79 Å². The Morgan fingerprint density at radius 1 is 1.03 bits per heavy atom. The summed E-state index contributed by atoms with van der Waals surface area (Å²) in [6, 6.07) is 19.9. The van der Waals surface area contributed by atoms with Crippen molar-refractivity contribution in [2.24, 2.45) is 0 Å². The summed E-state index contributed by atoms with van der Waals surface area (Å²) < 4.78 is 4.70. The third kappa shape index (κ3) is 5.78. The SMILES string of the molecule is CCc1ccc([C@@H]([NH2+]CC(=O)NCc2ccc(C(=O)OC)cc2)c2cccs2)cc1. The number of hydrogen-bond donors (Lipinski definition) is 2. The Morgan fingerprint density at radius 2 is 1.73 bits per heavy atom. The number of rotatable bonds is 9. The molecule has 0 saturated heterocycles. The van der Waals surface area contributed by atoms with Crippen molar-refractivity contribution in [1.82, 2.24) is 5.32 Å². The lowest BCUT2D eigenvalue weighted by atomic mass is 10.0. The number of carbonyl (C=O) groups is 2. The summed E-state index contributed by atoms with van der Waals surface area (Å²) >= 11 is 1.70. The lowest BCUT2D eigenvalue weighted by molar-refractivity contribution is -0.676. The molecule has 0 radical (unpaired) electrons. The maximum Gasteiger partial charge on any atom is 0.337 e. The van der Waals surface area contributed by atoms with Gasteiger partial charge in [0.1, 0.15) is 6.04 Å². The van der Waals surface area contributed by atoms with Crippen molar-refractivity contribution in [3.8, 4) is 0 Å². The Bertz CT molecular complexity index is 951. The molecule has 2 aromatic carbocycles. The van der Waals surface area contributed by atoms with Crippen molar-refractivity contribution in [1.29, 1.82) is 0 Å². The van der Waals surface area contributed by atoms with Crippen LogP contribution in [-0.4, -0.2) is 25.5 Å². The molecule has 0 spiro atoms. The quantitative estimate of drug-likeness (QED) is 0.520. The van der Waals surface area contributed by atoms with E-state index in [1.807, 2.05) is 18.2 Å². The summed E-state index contributed by atoms with van der Waals surface area (Å²) in [6.45, 7) is 2.90. The predicted molar refractivity (Wildman–Crippen MR) is 118 cm³/mol. The normalized spacial score (nSPS) is 11.7. The fourth-order valence-corrected chi connectivity index (χ4v) is 4.07. The molecule has 3 rings (SSSR count). The van der Waals surface area contributed by atoms with Crippen LogP contribution in [0.1, 0.15) is 44.9 Å². The van der Waals surface area contributed by atoms with Crippen molar-refractivity contribution < 1.29 is 19.6 Å².